The number of nitrogens with one attached hydrogen (secondary N) is 1. The molecule has 0 aromatic rings. The first-order valence-corrected chi connectivity index (χ1v) is 5.47. The molecule has 0 aromatic heterocycles. The summed E-state index contributed by atoms with van der Waals surface area (Å²) in [6, 6.07) is 0.704. The van der Waals surface area contributed by atoms with Crippen LogP contribution in [0.15, 0.2) is 0 Å². The lowest BCUT2D eigenvalue weighted by molar-refractivity contribution is 0.406. The summed E-state index contributed by atoms with van der Waals surface area (Å²) >= 11 is 0. The second-order valence-corrected chi connectivity index (χ2v) is 3.78. The van der Waals surface area contributed by atoms with Crippen LogP contribution in [0.1, 0.15) is 53.4 Å². The number of hydrogen-bond donors (Lipinski definition) is 1. The Balaban J connectivity index is 3.37. The summed E-state index contributed by atoms with van der Waals surface area (Å²) in [6.07, 6.45) is 5.21. The first kappa shape index (κ1) is 12.0. The predicted octanol–water partition coefficient (Wildman–Crippen LogP) is 3.20. The van der Waals surface area contributed by atoms with Gasteiger partial charge in [0.2, 0.25) is 0 Å². The minimum atomic E-state index is 0.704. The lowest BCUT2D eigenvalue weighted by Gasteiger charge is -2.17. The maximum Gasteiger partial charge on any atom is 0.00387 e. The number of hydrogen-bond acceptors (Lipinski definition) is 1. The topological polar surface area (TPSA) is 12.0 Å². The highest BCUT2D eigenvalue weighted by molar-refractivity contribution is 4.64. The van der Waals surface area contributed by atoms with Crippen molar-refractivity contribution >= 4 is 0 Å². The van der Waals surface area contributed by atoms with Crippen molar-refractivity contribution in [1.82, 2.24) is 5.32 Å². The summed E-state index contributed by atoms with van der Waals surface area (Å²) in [5.74, 6) is 0.879. The minimum absolute atomic E-state index is 0.704. The summed E-state index contributed by atoms with van der Waals surface area (Å²) in [5.41, 5.74) is 0. The predicted molar refractivity (Wildman–Crippen MR) is 56.4 cm³/mol. The highest BCUT2D eigenvalue weighted by Crippen LogP contribution is 2.06. The maximum atomic E-state index is 3.59. The van der Waals surface area contributed by atoms with E-state index in [4.69, 9.17) is 0 Å². The molecule has 1 nitrogen and oxygen atoms in total. The van der Waals surface area contributed by atoms with Gasteiger partial charge in [0.05, 0.1) is 0 Å². The van der Waals surface area contributed by atoms with Gasteiger partial charge in [-0.15, -0.1) is 0 Å². The van der Waals surface area contributed by atoms with Crippen LogP contribution >= 0.6 is 0 Å². The van der Waals surface area contributed by atoms with E-state index in [2.05, 4.69) is 33.0 Å². The van der Waals surface area contributed by atoms with E-state index >= 15 is 0 Å². The molecule has 1 atom stereocenters. The van der Waals surface area contributed by atoms with E-state index in [9.17, 15) is 0 Å². The van der Waals surface area contributed by atoms with Crippen molar-refractivity contribution in [3.05, 3.63) is 0 Å². The molecule has 1 heteroatoms. The standard InChI is InChI=1S/C11H25N/c1-5-8-10(4)12-9-11(6-2)7-3/h10-12H,5-9H2,1-4H3. The quantitative estimate of drug-likeness (QED) is 0.620. The Morgan fingerprint density at radius 2 is 1.67 bits per heavy atom. The van der Waals surface area contributed by atoms with E-state index in [1.165, 1.54) is 32.2 Å². The van der Waals surface area contributed by atoms with E-state index in [1.54, 1.807) is 0 Å². The van der Waals surface area contributed by atoms with Gasteiger partial charge in [-0.3, -0.25) is 0 Å². The monoisotopic (exact) mass is 171 g/mol. The summed E-state index contributed by atoms with van der Waals surface area (Å²) < 4.78 is 0. The number of rotatable bonds is 7. The van der Waals surface area contributed by atoms with E-state index in [-0.39, 0.29) is 0 Å². The highest BCUT2D eigenvalue weighted by Gasteiger charge is 2.04. The molecule has 0 aliphatic heterocycles. The third-order valence-electron chi connectivity index (χ3n) is 2.63. The SMILES string of the molecule is CCCC(C)NCC(CC)CC. The fraction of sp³-hybridized carbons (Fsp3) is 1.00. The molecule has 0 bridgehead atoms. The summed E-state index contributed by atoms with van der Waals surface area (Å²) in [5, 5.41) is 3.59. The van der Waals surface area contributed by atoms with Crippen molar-refractivity contribution in [2.45, 2.75) is 59.4 Å². The molecule has 0 saturated heterocycles. The molecule has 0 radical (unpaired) electrons. The van der Waals surface area contributed by atoms with E-state index in [0.29, 0.717) is 6.04 Å². The van der Waals surface area contributed by atoms with Crippen molar-refractivity contribution < 1.29 is 0 Å². The molecule has 0 heterocycles. The van der Waals surface area contributed by atoms with Gasteiger partial charge < -0.3 is 5.32 Å². The molecule has 0 aliphatic carbocycles. The average Bonchev–Trinajstić information content (AvgIpc) is 2.07. The van der Waals surface area contributed by atoms with Crippen LogP contribution in [0.25, 0.3) is 0 Å². The third kappa shape index (κ3) is 5.59. The van der Waals surface area contributed by atoms with Crippen LogP contribution < -0.4 is 5.32 Å². The van der Waals surface area contributed by atoms with E-state index < -0.39 is 0 Å². The molecule has 0 amide bonds. The Morgan fingerprint density at radius 3 is 2.08 bits per heavy atom. The van der Waals surface area contributed by atoms with Crippen LogP contribution in [-0.2, 0) is 0 Å². The second-order valence-electron chi connectivity index (χ2n) is 3.78. The zero-order valence-electron chi connectivity index (χ0n) is 9.19. The lowest BCUT2D eigenvalue weighted by Crippen LogP contribution is -2.30. The summed E-state index contributed by atoms with van der Waals surface area (Å²) in [6.45, 7) is 10.3. The molecule has 0 aromatic carbocycles. The van der Waals surface area contributed by atoms with Crippen LogP contribution in [0.3, 0.4) is 0 Å². The lowest BCUT2D eigenvalue weighted by atomic mass is 10.0. The van der Waals surface area contributed by atoms with Gasteiger partial charge in [0.25, 0.3) is 0 Å². The Labute approximate surface area is 77.9 Å². The molecule has 74 valence electrons. The summed E-state index contributed by atoms with van der Waals surface area (Å²) in [4.78, 5) is 0. The van der Waals surface area contributed by atoms with Gasteiger partial charge in [-0.1, -0.05) is 40.0 Å². The normalized spacial score (nSPS) is 13.8. The largest absolute Gasteiger partial charge is 0.314 e. The van der Waals surface area contributed by atoms with Crippen LogP contribution in [-0.4, -0.2) is 12.6 Å². The Kier molecular flexibility index (Phi) is 7.58. The van der Waals surface area contributed by atoms with Crippen molar-refractivity contribution in [2.24, 2.45) is 5.92 Å². The van der Waals surface area contributed by atoms with E-state index in [1.807, 2.05) is 0 Å². The van der Waals surface area contributed by atoms with Crippen LogP contribution in [0.5, 0.6) is 0 Å². The molecule has 1 N–H and O–H groups in total. The van der Waals surface area contributed by atoms with Gasteiger partial charge in [0, 0.05) is 6.04 Å². The van der Waals surface area contributed by atoms with Crippen LogP contribution in [0.4, 0.5) is 0 Å². The Morgan fingerprint density at radius 1 is 1.08 bits per heavy atom. The smallest absolute Gasteiger partial charge is 0.00387 e. The molecule has 1 unspecified atom stereocenters. The Hall–Kier alpha value is -0.0400. The average molecular weight is 171 g/mol. The van der Waals surface area contributed by atoms with Gasteiger partial charge in [-0.2, -0.15) is 0 Å². The molecule has 0 aliphatic rings. The van der Waals surface area contributed by atoms with Crippen LogP contribution in [0.2, 0.25) is 0 Å². The van der Waals surface area contributed by atoms with Gasteiger partial charge >= 0.3 is 0 Å². The maximum absolute atomic E-state index is 3.59. The molecular weight excluding hydrogens is 146 g/mol. The highest BCUT2D eigenvalue weighted by atomic mass is 14.9. The molecule has 0 saturated carbocycles. The molecule has 12 heavy (non-hydrogen) atoms. The van der Waals surface area contributed by atoms with Gasteiger partial charge in [-0.05, 0) is 25.8 Å². The first-order chi connectivity index (χ1) is 5.74. The summed E-state index contributed by atoms with van der Waals surface area (Å²) in [7, 11) is 0. The van der Waals surface area contributed by atoms with Crippen molar-refractivity contribution in [1.29, 1.82) is 0 Å². The van der Waals surface area contributed by atoms with Crippen molar-refractivity contribution in [2.75, 3.05) is 6.54 Å². The third-order valence-corrected chi connectivity index (χ3v) is 2.63. The van der Waals surface area contributed by atoms with Gasteiger partial charge in [0.15, 0.2) is 0 Å². The van der Waals surface area contributed by atoms with Crippen LogP contribution in [0, 0.1) is 5.92 Å². The molecule has 0 rings (SSSR count). The zero-order chi connectivity index (χ0) is 9.40. The fourth-order valence-corrected chi connectivity index (χ4v) is 1.48. The Bertz CT molecular complexity index is 87.0. The minimum Gasteiger partial charge on any atom is -0.314 e. The molecular formula is C11H25N. The van der Waals surface area contributed by atoms with Gasteiger partial charge in [0.1, 0.15) is 0 Å². The van der Waals surface area contributed by atoms with E-state index in [0.717, 1.165) is 5.92 Å². The second kappa shape index (κ2) is 7.60. The molecule has 0 fully saturated rings. The van der Waals surface area contributed by atoms with Crippen molar-refractivity contribution in [3.63, 3.8) is 0 Å². The molecule has 0 spiro atoms. The van der Waals surface area contributed by atoms with Crippen molar-refractivity contribution in [3.8, 4) is 0 Å². The van der Waals surface area contributed by atoms with Gasteiger partial charge in [-0.25, -0.2) is 0 Å². The first-order valence-electron chi connectivity index (χ1n) is 5.47. The fourth-order valence-electron chi connectivity index (χ4n) is 1.48. The zero-order valence-corrected chi connectivity index (χ0v) is 9.19.